The number of fused-ring (bicyclic) bond motifs is 1. The molecule has 21 heavy (non-hydrogen) atoms. The zero-order valence-electron chi connectivity index (χ0n) is 10.5. The molecule has 4 nitrogen and oxygen atoms in total. The number of ketones is 1. The molecule has 0 aliphatic carbocycles. The maximum atomic E-state index is 13.2. The second kappa shape index (κ2) is 4.57. The minimum Gasteiger partial charge on any atom is -0.317 e. The van der Waals surface area contributed by atoms with Gasteiger partial charge in [-0.25, -0.2) is 9.98 Å². The van der Waals surface area contributed by atoms with Crippen molar-refractivity contribution in [3.8, 4) is 0 Å². The third-order valence-corrected chi connectivity index (χ3v) is 3.31. The number of allylic oxidation sites excluding steroid dienone is 1. The van der Waals surface area contributed by atoms with Crippen molar-refractivity contribution < 1.29 is 31.1 Å². The molecule has 0 radical (unpaired) electrons. The highest BCUT2D eigenvalue weighted by Crippen LogP contribution is 2.52. The number of carbonyl (C=O) groups excluding carboxylic acids is 1. The Morgan fingerprint density at radius 3 is 2.33 bits per heavy atom. The van der Waals surface area contributed by atoms with Crippen molar-refractivity contribution >= 4 is 18.0 Å². The molecular weight excluding hydrogens is 304 g/mol. The minimum absolute atomic E-state index is 0.689. The zero-order chi connectivity index (χ0) is 16.1. The number of halogens is 6. The molecule has 0 saturated heterocycles. The summed E-state index contributed by atoms with van der Waals surface area (Å²) in [5.41, 5.74) is -4.47. The lowest BCUT2D eigenvalue weighted by Gasteiger charge is -2.44. The van der Waals surface area contributed by atoms with E-state index in [-0.39, 0.29) is 0 Å². The number of rotatable bonds is 1. The molecule has 2 rings (SSSR count). The Balaban J connectivity index is 2.72. The fraction of sp³-hybridized carbons (Fsp3) is 0.545. The van der Waals surface area contributed by atoms with E-state index in [0.29, 0.717) is 6.92 Å². The lowest BCUT2D eigenvalue weighted by molar-refractivity contribution is -0.309. The Labute approximate surface area is 114 Å². The van der Waals surface area contributed by atoms with Crippen LogP contribution in [0, 0.1) is 5.92 Å². The quantitative estimate of drug-likeness (QED) is 0.698. The topological polar surface area (TPSA) is 45.0 Å². The first-order chi connectivity index (χ1) is 9.50. The SMILES string of the molecule is CC(=O)C1CN2C=CC=NC2=NC1(C(F)(F)F)C(F)(F)F. The molecular formula is C11H9F6N3O. The average Bonchev–Trinajstić information content (AvgIpc) is 2.34. The van der Waals surface area contributed by atoms with Crippen LogP contribution in [0.1, 0.15) is 6.92 Å². The predicted octanol–water partition coefficient (Wildman–Crippen LogP) is 2.32. The van der Waals surface area contributed by atoms with E-state index in [0.717, 1.165) is 11.1 Å². The summed E-state index contributed by atoms with van der Waals surface area (Å²) in [6.07, 6.45) is -7.96. The van der Waals surface area contributed by atoms with Crippen molar-refractivity contribution in [2.24, 2.45) is 15.9 Å². The molecule has 0 amide bonds. The van der Waals surface area contributed by atoms with Gasteiger partial charge in [0.15, 0.2) is 0 Å². The average molecular weight is 313 g/mol. The van der Waals surface area contributed by atoms with Gasteiger partial charge in [-0.05, 0) is 13.0 Å². The van der Waals surface area contributed by atoms with Gasteiger partial charge in [-0.15, -0.1) is 0 Å². The molecule has 10 heteroatoms. The minimum atomic E-state index is -5.77. The van der Waals surface area contributed by atoms with Crippen molar-refractivity contribution in [2.45, 2.75) is 24.8 Å². The van der Waals surface area contributed by atoms with Gasteiger partial charge in [0.2, 0.25) is 5.96 Å². The van der Waals surface area contributed by atoms with Gasteiger partial charge in [0.05, 0.1) is 5.92 Å². The number of carbonyl (C=O) groups is 1. The van der Waals surface area contributed by atoms with E-state index in [1.165, 1.54) is 12.3 Å². The normalized spacial score (nSPS) is 24.6. The lowest BCUT2D eigenvalue weighted by Crippen LogP contribution is -2.67. The number of Topliss-reactive ketones (excluding diaryl/α,β-unsaturated/α-hetero) is 1. The maximum Gasteiger partial charge on any atom is 0.423 e. The summed E-state index contributed by atoms with van der Waals surface area (Å²) in [5.74, 6) is -4.35. The van der Waals surface area contributed by atoms with Crippen molar-refractivity contribution in [1.29, 1.82) is 0 Å². The summed E-state index contributed by atoms with van der Waals surface area (Å²) in [5, 5.41) is 0. The first-order valence-electron chi connectivity index (χ1n) is 5.72. The van der Waals surface area contributed by atoms with Crippen LogP contribution in [0.25, 0.3) is 0 Å². The molecule has 1 atom stereocenters. The van der Waals surface area contributed by atoms with E-state index >= 15 is 0 Å². The van der Waals surface area contributed by atoms with Gasteiger partial charge in [0.25, 0.3) is 5.54 Å². The molecule has 0 spiro atoms. The number of alkyl halides is 6. The summed E-state index contributed by atoms with van der Waals surface area (Å²) in [4.78, 5) is 18.6. The van der Waals surface area contributed by atoms with Gasteiger partial charge < -0.3 is 4.90 Å². The summed E-state index contributed by atoms with van der Waals surface area (Å²) < 4.78 is 79.2. The predicted molar refractivity (Wildman–Crippen MR) is 60.8 cm³/mol. The van der Waals surface area contributed by atoms with Gasteiger partial charge in [0.1, 0.15) is 5.78 Å². The highest BCUT2D eigenvalue weighted by atomic mass is 19.4. The fourth-order valence-electron chi connectivity index (χ4n) is 2.30. The molecule has 0 aromatic rings. The number of hydrogen-bond acceptors (Lipinski definition) is 4. The van der Waals surface area contributed by atoms with Crippen molar-refractivity contribution in [3.05, 3.63) is 12.3 Å². The number of nitrogens with zero attached hydrogens (tertiary/aromatic N) is 3. The van der Waals surface area contributed by atoms with Crippen LogP contribution in [-0.4, -0.2) is 47.3 Å². The van der Waals surface area contributed by atoms with Crippen LogP contribution in [0.4, 0.5) is 26.3 Å². The van der Waals surface area contributed by atoms with Crippen LogP contribution in [0.2, 0.25) is 0 Å². The molecule has 0 fully saturated rings. The highest BCUT2D eigenvalue weighted by molar-refractivity contribution is 5.96. The second-order valence-corrected chi connectivity index (χ2v) is 4.61. The number of guanidine groups is 1. The van der Waals surface area contributed by atoms with Crippen LogP contribution < -0.4 is 0 Å². The Morgan fingerprint density at radius 1 is 1.29 bits per heavy atom. The molecule has 116 valence electrons. The molecule has 2 heterocycles. The number of hydrogen-bond donors (Lipinski definition) is 0. The summed E-state index contributed by atoms with van der Waals surface area (Å²) in [6.45, 7) is -0.102. The molecule has 0 N–H and O–H groups in total. The first-order valence-corrected chi connectivity index (χ1v) is 5.72. The second-order valence-electron chi connectivity index (χ2n) is 4.61. The highest BCUT2D eigenvalue weighted by Gasteiger charge is 2.77. The van der Waals surface area contributed by atoms with Crippen molar-refractivity contribution in [1.82, 2.24) is 4.90 Å². The number of aliphatic imine (C=N–C) groups is 2. The molecule has 0 aromatic heterocycles. The van der Waals surface area contributed by atoms with Gasteiger partial charge in [-0.1, -0.05) is 0 Å². The van der Waals surface area contributed by atoms with Crippen LogP contribution in [-0.2, 0) is 4.79 Å². The van der Waals surface area contributed by atoms with Crippen LogP contribution in [0.5, 0.6) is 0 Å². The van der Waals surface area contributed by atoms with E-state index in [4.69, 9.17) is 0 Å². The van der Waals surface area contributed by atoms with Crippen LogP contribution in [0.15, 0.2) is 22.3 Å². The monoisotopic (exact) mass is 313 g/mol. The Kier molecular flexibility index (Phi) is 3.37. The Bertz CT molecular complexity index is 531. The summed E-state index contributed by atoms with van der Waals surface area (Å²) in [7, 11) is 0. The fourth-order valence-corrected chi connectivity index (χ4v) is 2.30. The van der Waals surface area contributed by atoms with Gasteiger partial charge >= 0.3 is 12.4 Å². The molecule has 0 bridgehead atoms. The van der Waals surface area contributed by atoms with E-state index in [2.05, 4.69) is 9.98 Å². The molecule has 2 aliphatic rings. The summed E-state index contributed by atoms with van der Waals surface area (Å²) in [6, 6.07) is 0. The van der Waals surface area contributed by atoms with Crippen molar-refractivity contribution in [3.63, 3.8) is 0 Å². The Morgan fingerprint density at radius 2 is 1.86 bits per heavy atom. The van der Waals surface area contributed by atoms with E-state index in [1.54, 1.807) is 0 Å². The summed E-state index contributed by atoms with van der Waals surface area (Å²) >= 11 is 0. The molecule has 1 unspecified atom stereocenters. The first kappa shape index (κ1) is 15.5. The zero-order valence-corrected chi connectivity index (χ0v) is 10.5. The maximum absolute atomic E-state index is 13.2. The van der Waals surface area contributed by atoms with Crippen LogP contribution >= 0.6 is 0 Å². The van der Waals surface area contributed by atoms with Crippen molar-refractivity contribution in [2.75, 3.05) is 6.54 Å². The van der Waals surface area contributed by atoms with E-state index in [1.807, 2.05) is 0 Å². The smallest absolute Gasteiger partial charge is 0.317 e. The lowest BCUT2D eigenvalue weighted by atomic mass is 9.78. The van der Waals surface area contributed by atoms with E-state index in [9.17, 15) is 31.1 Å². The Hall–Kier alpha value is -1.87. The third-order valence-electron chi connectivity index (χ3n) is 3.31. The largest absolute Gasteiger partial charge is 0.423 e. The molecule has 2 aliphatic heterocycles. The molecule has 0 saturated carbocycles. The molecule has 0 aromatic carbocycles. The third kappa shape index (κ3) is 2.22. The van der Waals surface area contributed by atoms with Gasteiger partial charge in [-0.2, -0.15) is 26.3 Å². The standard InChI is InChI=1S/C11H9F6N3O/c1-6(21)7-5-20-4-2-3-18-8(20)19-9(7,10(12,13)14)11(15,16)17/h2-4,7H,5H2,1H3. The van der Waals surface area contributed by atoms with Crippen LogP contribution in [0.3, 0.4) is 0 Å². The van der Waals surface area contributed by atoms with Gasteiger partial charge in [-0.3, -0.25) is 4.79 Å². The van der Waals surface area contributed by atoms with E-state index < -0.39 is 42.1 Å². The van der Waals surface area contributed by atoms with Gasteiger partial charge in [0, 0.05) is 19.0 Å².